The second-order valence-electron chi connectivity index (χ2n) is 4.98. The molecule has 0 aliphatic carbocycles. The van der Waals surface area contributed by atoms with Crippen molar-refractivity contribution in [3.05, 3.63) is 74.6 Å². The number of rotatable bonds is 3. The van der Waals surface area contributed by atoms with Crippen LogP contribution in [0.15, 0.2) is 53.3 Å². The van der Waals surface area contributed by atoms with E-state index in [9.17, 15) is 24.8 Å². The van der Waals surface area contributed by atoms with Crippen LogP contribution in [0, 0.1) is 10.1 Å². The zero-order valence-corrected chi connectivity index (χ0v) is 12.1. The normalized spacial score (nSPS) is 10.5. The molecule has 0 saturated carbocycles. The Morgan fingerprint density at radius 3 is 2.54 bits per heavy atom. The van der Waals surface area contributed by atoms with E-state index in [1.807, 2.05) is 0 Å². The first-order chi connectivity index (χ1) is 11.5. The summed E-state index contributed by atoms with van der Waals surface area (Å²) in [6, 6.07) is 12.0. The number of nitro benzene ring substituents is 1. The fourth-order valence-electron chi connectivity index (χ4n) is 2.31. The quantitative estimate of drug-likeness (QED) is 0.503. The molecule has 120 valence electrons. The summed E-state index contributed by atoms with van der Waals surface area (Å²) in [6.07, 6.45) is 0. The number of para-hydroxylation sites is 1. The minimum atomic E-state index is -0.839. The molecular weight excluding hydrogens is 314 g/mol. The van der Waals surface area contributed by atoms with Crippen molar-refractivity contribution in [2.45, 2.75) is 0 Å². The minimum absolute atomic E-state index is 0.0722. The number of H-pyrrole nitrogens is 1. The van der Waals surface area contributed by atoms with Gasteiger partial charge in [-0.2, -0.15) is 0 Å². The van der Waals surface area contributed by atoms with E-state index >= 15 is 0 Å². The van der Waals surface area contributed by atoms with Crippen LogP contribution in [0.2, 0.25) is 0 Å². The van der Waals surface area contributed by atoms with Crippen molar-refractivity contribution in [2.75, 3.05) is 5.32 Å². The third kappa shape index (κ3) is 2.68. The molecule has 0 saturated heterocycles. The number of amides is 1. The molecule has 8 heteroatoms. The highest BCUT2D eigenvalue weighted by atomic mass is 16.6. The SMILES string of the molecule is O=C(Nc1ccccc1)c1c(O)c2ccc([N+](=O)[O-])cc2[nH]c1=O. The summed E-state index contributed by atoms with van der Waals surface area (Å²) < 4.78 is 0. The zero-order valence-electron chi connectivity index (χ0n) is 12.1. The maximum absolute atomic E-state index is 12.3. The molecule has 1 aromatic heterocycles. The number of fused-ring (bicyclic) bond motifs is 1. The Balaban J connectivity index is 2.08. The van der Waals surface area contributed by atoms with Gasteiger partial charge in [0.05, 0.1) is 10.4 Å². The number of anilines is 1. The smallest absolute Gasteiger partial charge is 0.271 e. The van der Waals surface area contributed by atoms with Gasteiger partial charge in [-0.3, -0.25) is 19.7 Å². The number of non-ortho nitro benzene ring substituents is 1. The highest BCUT2D eigenvalue weighted by Gasteiger charge is 2.20. The van der Waals surface area contributed by atoms with Crippen molar-refractivity contribution >= 4 is 28.2 Å². The van der Waals surface area contributed by atoms with Crippen LogP contribution in [0.25, 0.3) is 10.9 Å². The van der Waals surface area contributed by atoms with E-state index in [1.165, 1.54) is 12.1 Å². The number of nitrogens with zero attached hydrogens (tertiary/aromatic N) is 1. The molecule has 0 spiro atoms. The van der Waals surface area contributed by atoms with E-state index in [-0.39, 0.29) is 16.6 Å². The van der Waals surface area contributed by atoms with E-state index in [4.69, 9.17) is 0 Å². The Morgan fingerprint density at radius 2 is 1.88 bits per heavy atom. The van der Waals surface area contributed by atoms with E-state index in [1.54, 1.807) is 30.3 Å². The summed E-state index contributed by atoms with van der Waals surface area (Å²) in [5.41, 5.74) is -0.999. The molecule has 0 radical (unpaired) electrons. The first kappa shape index (κ1) is 15.2. The molecule has 24 heavy (non-hydrogen) atoms. The van der Waals surface area contributed by atoms with Gasteiger partial charge in [0.15, 0.2) is 0 Å². The molecule has 1 heterocycles. The van der Waals surface area contributed by atoms with E-state index in [0.717, 1.165) is 6.07 Å². The summed E-state index contributed by atoms with van der Waals surface area (Å²) in [4.78, 5) is 36.9. The van der Waals surface area contributed by atoms with Crippen molar-refractivity contribution in [2.24, 2.45) is 0 Å². The Bertz CT molecular complexity index is 1010. The fourth-order valence-corrected chi connectivity index (χ4v) is 2.31. The van der Waals surface area contributed by atoms with Gasteiger partial charge in [0.25, 0.3) is 17.2 Å². The second kappa shape index (κ2) is 5.84. The van der Waals surface area contributed by atoms with E-state index < -0.39 is 27.7 Å². The predicted octanol–water partition coefficient (Wildman–Crippen LogP) is 2.39. The first-order valence-corrected chi connectivity index (χ1v) is 6.87. The van der Waals surface area contributed by atoms with Gasteiger partial charge >= 0.3 is 0 Å². The first-order valence-electron chi connectivity index (χ1n) is 6.87. The van der Waals surface area contributed by atoms with Gasteiger partial charge in [-0.25, -0.2) is 0 Å². The summed E-state index contributed by atoms with van der Waals surface area (Å²) >= 11 is 0. The zero-order chi connectivity index (χ0) is 17.3. The molecule has 8 nitrogen and oxygen atoms in total. The maximum Gasteiger partial charge on any atom is 0.271 e. The molecular formula is C16H11N3O5. The number of hydrogen-bond acceptors (Lipinski definition) is 5. The van der Waals surface area contributed by atoms with E-state index in [2.05, 4.69) is 10.3 Å². The van der Waals surface area contributed by atoms with Crippen LogP contribution < -0.4 is 10.9 Å². The van der Waals surface area contributed by atoms with Gasteiger partial charge in [0.2, 0.25) is 0 Å². The molecule has 3 aromatic rings. The largest absolute Gasteiger partial charge is 0.506 e. The Morgan fingerprint density at radius 1 is 1.17 bits per heavy atom. The summed E-state index contributed by atoms with van der Waals surface area (Å²) in [6.45, 7) is 0. The summed E-state index contributed by atoms with van der Waals surface area (Å²) in [5.74, 6) is -1.31. The number of nitrogens with one attached hydrogen (secondary N) is 2. The Hall–Kier alpha value is -3.68. The standard InChI is InChI=1S/C16H11N3O5/c20-14-11-7-6-10(19(23)24)8-12(11)18-16(22)13(14)15(21)17-9-4-2-1-3-5-9/h1-8H,(H,17,21)(H2,18,20,22). The monoisotopic (exact) mass is 325 g/mol. The van der Waals surface area contributed by atoms with Crippen LogP contribution in [0.5, 0.6) is 5.75 Å². The van der Waals surface area contributed by atoms with Gasteiger partial charge < -0.3 is 15.4 Å². The van der Waals surface area contributed by atoms with Gasteiger partial charge in [0, 0.05) is 23.2 Å². The number of aromatic nitrogens is 1. The summed E-state index contributed by atoms with van der Waals surface area (Å²) in [7, 11) is 0. The average Bonchev–Trinajstić information content (AvgIpc) is 2.55. The second-order valence-corrected chi connectivity index (χ2v) is 4.98. The van der Waals surface area contributed by atoms with Gasteiger partial charge in [0.1, 0.15) is 11.3 Å². The number of carbonyl (C=O) groups excluding carboxylic acids is 1. The molecule has 0 fully saturated rings. The third-order valence-electron chi connectivity index (χ3n) is 3.44. The molecule has 0 bridgehead atoms. The molecule has 1 amide bonds. The Labute approximate surface area is 134 Å². The van der Waals surface area contributed by atoms with Gasteiger partial charge in [-0.1, -0.05) is 18.2 Å². The van der Waals surface area contributed by atoms with Crippen LogP contribution in [-0.4, -0.2) is 20.9 Å². The topological polar surface area (TPSA) is 125 Å². The lowest BCUT2D eigenvalue weighted by atomic mass is 10.1. The van der Waals surface area contributed by atoms with Crippen molar-refractivity contribution < 1.29 is 14.8 Å². The van der Waals surface area contributed by atoms with Gasteiger partial charge in [-0.05, 0) is 18.2 Å². The number of pyridine rings is 1. The lowest BCUT2D eigenvalue weighted by Gasteiger charge is -2.08. The molecule has 3 N–H and O–H groups in total. The average molecular weight is 325 g/mol. The van der Waals surface area contributed by atoms with Crippen molar-refractivity contribution in [1.29, 1.82) is 0 Å². The number of aromatic hydroxyl groups is 1. The molecule has 0 aliphatic rings. The van der Waals surface area contributed by atoms with Crippen molar-refractivity contribution in [3.63, 3.8) is 0 Å². The van der Waals surface area contributed by atoms with Crippen LogP contribution >= 0.6 is 0 Å². The molecule has 2 aromatic carbocycles. The molecule has 0 unspecified atom stereocenters. The number of aromatic amines is 1. The molecule has 0 atom stereocenters. The highest BCUT2D eigenvalue weighted by molar-refractivity contribution is 6.09. The third-order valence-corrected chi connectivity index (χ3v) is 3.44. The van der Waals surface area contributed by atoms with Crippen LogP contribution in [0.3, 0.4) is 0 Å². The molecule has 3 rings (SSSR count). The van der Waals surface area contributed by atoms with Crippen molar-refractivity contribution in [1.82, 2.24) is 4.98 Å². The van der Waals surface area contributed by atoms with Crippen LogP contribution in [-0.2, 0) is 0 Å². The van der Waals surface area contributed by atoms with Gasteiger partial charge in [-0.15, -0.1) is 0 Å². The number of benzene rings is 2. The highest BCUT2D eigenvalue weighted by Crippen LogP contribution is 2.28. The number of carbonyl (C=O) groups is 1. The van der Waals surface area contributed by atoms with Crippen LogP contribution in [0.1, 0.15) is 10.4 Å². The fraction of sp³-hybridized carbons (Fsp3) is 0. The molecule has 0 aliphatic heterocycles. The summed E-state index contributed by atoms with van der Waals surface area (Å²) in [5, 5.41) is 23.7. The van der Waals surface area contributed by atoms with Crippen LogP contribution in [0.4, 0.5) is 11.4 Å². The van der Waals surface area contributed by atoms with E-state index in [0.29, 0.717) is 5.69 Å². The predicted molar refractivity (Wildman–Crippen MR) is 87.3 cm³/mol. The minimum Gasteiger partial charge on any atom is -0.506 e. The lowest BCUT2D eigenvalue weighted by molar-refractivity contribution is -0.384. The Kier molecular flexibility index (Phi) is 3.70. The lowest BCUT2D eigenvalue weighted by Crippen LogP contribution is -2.23. The number of nitro groups is 1. The van der Waals surface area contributed by atoms with Crippen molar-refractivity contribution in [3.8, 4) is 5.75 Å². The maximum atomic E-state index is 12.3. The number of hydrogen-bond donors (Lipinski definition) is 3.